The maximum absolute atomic E-state index is 6.71. The van der Waals surface area contributed by atoms with Gasteiger partial charge >= 0.3 is 0 Å². The highest BCUT2D eigenvalue weighted by molar-refractivity contribution is 6.17. The molecule has 10 rings (SSSR count). The summed E-state index contributed by atoms with van der Waals surface area (Å²) >= 11 is 0. The number of hydrogen-bond acceptors (Lipinski definition) is 2. The highest BCUT2D eigenvalue weighted by atomic mass is 15.4. The molecule has 4 unspecified atom stereocenters. The van der Waals surface area contributed by atoms with Gasteiger partial charge in [0.15, 0.2) is 0 Å². The van der Waals surface area contributed by atoms with Crippen LogP contribution in [0.1, 0.15) is 64.5 Å². The van der Waals surface area contributed by atoms with Crippen LogP contribution in [0.2, 0.25) is 0 Å². The van der Waals surface area contributed by atoms with Crippen molar-refractivity contribution in [2.24, 2.45) is 11.0 Å². The van der Waals surface area contributed by atoms with Crippen LogP contribution in [0.25, 0.3) is 21.8 Å². The van der Waals surface area contributed by atoms with Gasteiger partial charge in [-0.15, -0.1) is 0 Å². The van der Waals surface area contributed by atoms with Gasteiger partial charge in [-0.05, 0) is 65.8 Å². The topological polar surface area (TPSA) is 43.3 Å². The van der Waals surface area contributed by atoms with Crippen LogP contribution in [0, 0.1) is 5.92 Å². The lowest BCUT2D eigenvalue weighted by Gasteiger charge is -2.41. The molecule has 3 nitrogen and oxygen atoms in total. The van der Waals surface area contributed by atoms with Crippen molar-refractivity contribution in [1.29, 1.82) is 0 Å². The zero-order valence-corrected chi connectivity index (χ0v) is 29.6. The highest BCUT2D eigenvalue weighted by Gasteiger charge is 2.54. The fraction of sp³-hybridized carbons (Fsp3) is 0.140. The Morgan fingerprint density at radius 1 is 0.698 bits per heavy atom. The van der Waals surface area contributed by atoms with Crippen LogP contribution in [0.5, 0.6) is 0 Å². The van der Waals surface area contributed by atoms with Crippen molar-refractivity contribution in [3.05, 3.63) is 221 Å². The maximum Gasteiger partial charge on any atom is 0.100 e. The van der Waals surface area contributed by atoms with Gasteiger partial charge in [0.2, 0.25) is 0 Å². The van der Waals surface area contributed by atoms with Gasteiger partial charge in [0.05, 0.1) is 11.0 Å². The minimum atomic E-state index is -0.286. The average Bonchev–Trinajstić information content (AvgIpc) is 3.69. The minimum absolute atomic E-state index is 0.231. The Kier molecular flexibility index (Phi) is 7.61. The van der Waals surface area contributed by atoms with Crippen molar-refractivity contribution in [3.8, 4) is 0 Å². The normalized spacial score (nSPS) is 23.1. The number of nitrogens with two attached hydrogens (primary N) is 1. The zero-order valence-electron chi connectivity index (χ0n) is 29.6. The Labute approximate surface area is 311 Å². The molecule has 6 aromatic rings. The van der Waals surface area contributed by atoms with Gasteiger partial charge < -0.3 is 5.73 Å². The Balaban J connectivity index is 1.31. The molecule has 4 aliphatic carbocycles. The molecule has 256 valence electrons. The predicted molar refractivity (Wildman–Crippen MR) is 222 cm³/mol. The van der Waals surface area contributed by atoms with Crippen LogP contribution in [-0.4, -0.2) is 10.4 Å². The van der Waals surface area contributed by atoms with Crippen LogP contribution >= 0.6 is 0 Å². The van der Waals surface area contributed by atoms with Crippen LogP contribution < -0.4 is 5.73 Å². The average molecular weight is 684 g/mol. The number of nitrogen functional groups attached to an aromatic ring is 1. The molecule has 0 saturated carbocycles. The molecule has 1 aromatic heterocycles. The summed E-state index contributed by atoms with van der Waals surface area (Å²) in [5.74, 6) is 0.814. The highest BCUT2D eigenvalue weighted by Crippen LogP contribution is 2.61. The Morgan fingerprint density at radius 3 is 2.26 bits per heavy atom. The van der Waals surface area contributed by atoms with Crippen LogP contribution in [0.15, 0.2) is 193 Å². The monoisotopic (exact) mass is 683 g/mol. The van der Waals surface area contributed by atoms with E-state index in [2.05, 4.69) is 169 Å². The Hall–Kier alpha value is -6.19. The van der Waals surface area contributed by atoms with Gasteiger partial charge in [-0.2, -0.15) is 5.10 Å². The first kappa shape index (κ1) is 31.5. The fourth-order valence-corrected chi connectivity index (χ4v) is 9.59. The molecule has 0 bridgehead atoms. The number of nitrogens with zero attached hydrogens (tertiary/aromatic N) is 2. The van der Waals surface area contributed by atoms with Crippen LogP contribution in [-0.2, 0) is 5.41 Å². The van der Waals surface area contributed by atoms with Crippen molar-refractivity contribution in [3.63, 3.8) is 0 Å². The van der Waals surface area contributed by atoms with Gasteiger partial charge in [-0.25, -0.2) is 4.68 Å². The Bertz CT molecular complexity index is 2610. The molecular weight excluding hydrogens is 643 g/mol. The lowest BCUT2D eigenvalue weighted by atomic mass is 9.61. The number of hydrogen-bond donors (Lipinski definition) is 1. The van der Waals surface area contributed by atoms with E-state index in [0.717, 1.165) is 47.1 Å². The lowest BCUT2D eigenvalue weighted by molar-refractivity contribution is 0.436. The molecule has 2 N–H and O–H groups in total. The number of anilines is 1. The van der Waals surface area contributed by atoms with E-state index in [4.69, 9.17) is 10.8 Å². The van der Waals surface area contributed by atoms with Gasteiger partial charge in [-0.3, -0.25) is 0 Å². The summed E-state index contributed by atoms with van der Waals surface area (Å²) in [5, 5.41) is 8.08. The number of rotatable bonds is 6. The molecule has 0 spiro atoms. The molecular formula is C50H41N3. The summed E-state index contributed by atoms with van der Waals surface area (Å²) in [6.07, 6.45) is 28.4. The minimum Gasteiger partial charge on any atom is -0.398 e. The van der Waals surface area contributed by atoms with Gasteiger partial charge in [0, 0.05) is 50.8 Å². The molecule has 53 heavy (non-hydrogen) atoms. The summed E-state index contributed by atoms with van der Waals surface area (Å²) in [6.45, 7) is 0. The van der Waals surface area contributed by atoms with Crippen molar-refractivity contribution >= 4 is 33.2 Å². The van der Waals surface area contributed by atoms with Crippen molar-refractivity contribution in [2.45, 2.75) is 36.5 Å². The number of fused-ring (bicyclic) bond motifs is 6. The first-order valence-corrected chi connectivity index (χ1v) is 18.9. The van der Waals surface area contributed by atoms with E-state index in [-0.39, 0.29) is 17.3 Å². The molecule has 1 heterocycles. The second-order valence-electron chi connectivity index (χ2n) is 14.8. The molecule has 0 aliphatic heterocycles. The summed E-state index contributed by atoms with van der Waals surface area (Å²) in [5.41, 5.74) is 19.1. The fourth-order valence-electron chi connectivity index (χ4n) is 9.59. The van der Waals surface area contributed by atoms with E-state index in [1.165, 1.54) is 38.6 Å². The Morgan fingerprint density at radius 2 is 1.47 bits per heavy atom. The molecule has 4 atom stereocenters. The molecule has 0 amide bonds. The predicted octanol–water partition coefficient (Wildman–Crippen LogP) is 11.7. The van der Waals surface area contributed by atoms with Crippen molar-refractivity contribution in [2.75, 3.05) is 5.73 Å². The van der Waals surface area contributed by atoms with E-state index < -0.39 is 0 Å². The van der Waals surface area contributed by atoms with E-state index in [1.807, 2.05) is 18.2 Å². The van der Waals surface area contributed by atoms with Gasteiger partial charge in [0.1, 0.15) is 5.71 Å². The zero-order chi connectivity index (χ0) is 35.4. The standard InChI is InChI=1S/C50H41N3/c51-46-28-16-14-26-41(46)49(35-19-7-2-8-20-35)52-53-47-31-36(34-17-5-1-6-18-34)29-30-40(47)43-32-45-42(33-48(43)53)39-25-13-15-27-44(39)50(45,37-21-9-3-10-22-37)38-23-11-4-12-24-38/h1-11,13-17,19-23,25-34,39,44H,12,18,24,51H2. The molecule has 0 fully saturated rings. The summed E-state index contributed by atoms with van der Waals surface area (Å²) in [7, 11) is 0. The van der Waals surface area contributed by atoms with Gasteiger partial charge in [0.25, 0.3) is 0 Å². The second kappa shape index (κ2) is 12.8. The number of benzene rings is 5. The van der Waals surface area contributed by atoms with Crippen molar-refractivity contribution in [1.82, 2.24) is 4.68 Å². The number of aromatic nitrogens is 1. The summed E-state index contributed by atoms with van der Waals surface area (Å²) in [6, 6.07) is 41.9. The molecule has 5 aromatic carbocycles. The second-order valence-corrected chi connectivity index (χ2v) is 14.8. The SMILES string of the molecule is Nc1ccccc1C(=Nn1c2cc(C3C=CC=CC3)ccc2c2cc3c(cc21)C1C=CC=CC1C3(C1=CC=CCC1)c1ccccc1)c1ccccc1. The maximum atomic E-state index is 6.71. The van der Waals surface area contributed by atoms with Crippen LogP contribution in [0.4, 0.5) is 5.69 Å². The number of allylic oxidation sites excluding steroid dienone is 12. The smallest absolute Gasteiger partial charge is 0.100 e. The van der Waals surface area contributed by atoms with E-state index in [1.54, 1.807) is 0 Å². The molecule has 4 aliphatic rings. The van der Waals surface area contributed by atoms with Crippen LogP contribution in [0.3, 0.4) is 0 Å². The first-order valence-electron chi connectivity index (χ1n) is 18.9. The molecule has 0 radical (unpaired) electrons. The summed E-state index contributed by atoms with van der Waals surface area (Å²) < 4.78 is 2.22. The van der Waals surface area contributed by atoms with Gasteiger partial charge in [-0.1, -0.05) is 163 Å². The largest absolute Gasteiger partial charge is 0.398 e. The van der Waals surface area contributed by atoms with E-state index >= 15 is 0 Å². The third kappa shape index (κ3) is 4.98. The third-order valence-electron chi connectivity index (χ3n) is 12.0. The molecule has 0 saturated heterocycles. The first-order chi connectivity index (χ1) is 26.2. The third-order valence-corrected chi connectivity index (χ3v) is 12.0. The lowest BCUT2D eigenvalue weighted by Crippen LogP contribution is -2.36. The van der Waals surface area contributed by atoms with E-state index in [0.29, 0.717) is 11.6 Å². The van der Waals surface area contributed by atoms with E-state index in [9.17, 15) is 0 Å². The quantitative estimate of drug-likeness (QED) is 0.138. The summed E-state index contributed by atoms with van der Waals surface area (Å²) in [4.78, 5) is 0. The number of para-hydroxylation sites is 1. The van der Waals surface area contributed by atoms with Crippen molar-refractivity contribution < 1.29 is 0 Å². The molecule has 3 heteroatoms.